The van der Waals surface area contributed by atoms with Crippen LogP contribution in [0, 0.1) is 0 Å². The van der Waals surface area contributed by atoms with Crippen molar-refractivity contribution in [3.63, 3.8) is 0 Å². The van der Waals surface area contributed by atoms with Crippen LogP contribution < -0.4 is 10.1 Å². The number of nitrogens with zero attached hydrogens (tertiary/aromatic N) is 1. The summed E-state index contributed by atoms with van der Waals surface area (Å²) in [5.41, 5.74) is 1.88. The summed E-state index contributed by atoms with van der Waals surface area (Å²) in [6.45, 7) is 2.32. The van der Waals surface area contributed by atoms with Crippen molar-refractivity contribution in [2.75, 3.05) is 12.9 Å². The van der Waals surface area contributed by atoms with Crippen molar-refractivity contribution in [1.29, 1.82) is 0 Å². The van der Waals surface area contributed by atoms with Gasteiger partial charge in [-0.2, -0.15) is 0 Å². The van der Waals surface area contributed by atoms with Crippen LogP contribution in [0.4, 0.5) is 0 Å². The molecule has 2 aromatic rings. The number of methoxy groups -OCH3 is 1. The highest BCUT2D eigenvalue weighted by Gasteiger charge is 2.30. The Labute approximate surface area is 222 Å². The second-order valence-corrected chi connectivity index (χ2v) is 10.7. The number of hydrogen-bond acceptors (Lipinski definition) is 4. The van der Waals surface area contributed by atoms with Crippen molar-refractivity contribution in [3.05, 3.63) is 63.6 Å². The zero-order valence-electron chi connectivity index (χ0n) is 20.4. The molecule has 2 amide bonds. The average Bonchev–Trinajstić information content (AvgIpc) is 2.86. The number of benzene rings is 2. The van der Waals surface area contributed by atoms with Crippen LogP contribution in [0.3, 0.4) is 0 Å². The first-order chi connectivity index (χ1) is 16.9. The molecule has 2 aromatic carbocycles. The Balaban J connectivity index is 1.71. The molecule has 1 fully saturated rings. The van der Waals surface area contributed by atoms with Gasteiger partial charge in [0, 0.05) is 28.4 Å². The van der Waals surface area contributed by atoms with E-state index in [9.17, 15) is 9.59 Å². The Hall–Kier alpha value is -1.89. The standard InChI is InChI=1S/C27H34Cl2N2O3S/c1-3-25(27(33)30-22-7-5-4-6-8-22)31(16-19-9-13-23(34-2)14-10-19)26(32)18-35-17-20-11-12-21(28)15-24(20)29/h9-15,22,25H,3-8,16-18H2,1-2H3,(H,30,33)/t25-/m1/s1. The first kappa shape index (κ1) is 27.7. The van der Waals surface area contributed by atoms with Crippen LogP contribution in [0.1, 0.15) is 56.6 Å². The lowest BCUT2D eigenvalue weighted by Gasteiger charge is -2.32. The van der Waals surface area contributed by atoms with Crippen LogP contribution in [0.5, 0.6) is 5.75 Å². The molecule has 0 bridgehead atoms. The highest BCUT2D eigenvalue weighted by Crippen LogP contribution is 2.26. The normalized spacial score (nSPS) is 14.9. The molecule has 0 radical (unpaired) electrons. The topological polar surface area (TPSA) is 58.6 Å². The van der Waals surface area contributed by atoms with Gasteiger partial charge in [0.2, 0.25) is 11.8 Å². The van der Waals surface area contributed by atoms with Crippen molar-refractivity contribution in [2.45, 2.75) is 69.8 Å². The second-order valence-electron chi connectivity index (χ2n) is 8.87. The largest absolute Gasteiger partial charge is 0.497 e. The molecule has 5 nitrogen and oxygen atoms in total. The van der Waals surface area contributed by atoms with E-state index in [-0.39, 0.29) is 23.6 Å². The molecule has 190 valence electrons. The third kappa shape index (κ3) is 8.33. The van der Waals surface area contributed by atoms with Crippen LogP contribution >= 0.6 is 35.0 Å². The molecule has 0 heterocycles. The molecule has 3 rings (SSSR count). The smallest absolute Gasteiger partial charge is 0.243 e. The van der Waals surface area contributed by atoms with E-state index in [1.54, 1.807) is 24.1 Å². The van der Waals surface area contributed by atoms with Gasteiger partial charge in [0.25, 0.3) is 0 Å². The number of amides is 2. The molecular weight excluding hydrogens is 503 g/mol. The number of halogens is 2. The van der Waals surface area contributed by atoms with E-state index in [4.69, 9.17) is 27.9 Å². The van der Waals surface area contributed by atoms with E-state index in [1.165, 1.54) is 18.2 Å². The average molecular weight is 538 g/mol. The van der Waals surface area contributed by atoms with Crippen molar-refractivity contribution < 1.29 is 14.3 Å². The number of nitrogens with one attached hydrogen (secondary N) is 1. The lowest BCUT2D eigenvalue weighted by atomic mass is 9.95. The zero-order valence-corrected chi connectivity index (χ0v) is 22.7. The lowest BCUT2D eigenvalue weighted by Crippen LogP contribution is -2.52. The third-order valence-corrected chi connectivity index (χ3v) is 7.90. The molecule has 0 aliphatic heterocycles. The minimum Gasteiger partial charge on any atom is -0.497 e. The fraction of sp³-hybridized carbons (Fsp3) is 0.481. The molecular formula is C27H34Cl2N2O3S. The number of carbonyl (C=O) groups is 2. The van der Waals surface area contributed by atoms with E-state index in [2.05, 4.69) is 5.32 Å². The molecule has 1 saturated carbocycles. The number of hydrogen-bond donors (Lipinski definition) is 1. The van der Waals surface area contributed by atoms with E-state index < -0.39 is 6.04 Å². The Morgan fingerprint density at radius 1 is 1.11 bits per heavy atom. The molecule has 0 saturated heterocycles. The Bertz CT molecular complexity index is 981. The number of rotatable bonds is 11. The van der Waals surface area contributed by atoms with Crippen molar-refractivity contribution >= 4 is 46.8 Å². The second kappa shape index (κ2) is 14.0. The van der Waals surface area contributed by atoms with Gasteiger partial charge in [-0.15, -0.1) is 11.8 Å². The van der Waals surface area contributed by atoms with Gasteiger partial charge in [-0.3, -0.25) is 9.59 Å². The van der Waals surface area contributed by atoms with Crippen LogP contribution in [0.2, 0.25) is 10.0 Å². The van der Waals surface area contributed by atoms with Gasteiger partial charge in [-0.25, -0.2) is 0 Å². The predicted octanol–water partition coefficient (Wildman–Crippen LogP) is 6.49. The quantitative estimate of drug-likeness (QED) is 0.356. The van der Waals surface area contributed by atoms with Crippen LogP contribution in [0.15, 0.2) is 42.5 Å². The predicted molar refractivity (Wildman–Crippen MR) is 145 cm³/mol. The van der Waals surface area contributed by atoms with Crippen molar-refractivity contribution in [2.24, 2.45) is 0 Å². The summed E-state index contributed by atoms with van der Waals surface area (Å²) in [5.74, 6) is 1.46. The van der Waals surface area contributed by atoms with Gasteiger partial charge in [0.05, 0.1) is 12.9 Å². The number of carbonyl (C=O) groups excluding carboxylic acids is 2. The van der Waals surface area contributed by atoms with Crippen LogP contribution in [-0.2, 0) is 21.9 Å². The maximum absolute atomic E-state index is 13.4. The van der Waals surface area contributed by atoms with E-state index in [0.717, 1.165) is 42.6 Å². The summed E-state index contributed by atoms with van der Waals surface area (Å²) in [6.07, 6.45) is 6.06. The van der Waals surface area contributed by atoms with Gasteiger partial charge in [0.15, 0.2) is 0 Å². The molecule has 35 heavy (non-hydrogen) atoms. The maximum atomic E-state index is 13.4. The summed E-state index contributed by atoms with van der Waals surface area (Å²) in [4.78, 5) is 28.5. The molecule has 1 aliphatic rings. The summed E-state index contributed by atoms with van der Waals surface area (Å²) in [5, 5.41) is 4.39. The minimum atomic E-state index is -0.522. The molecule has 1 atom stereocenters. The molecule has 1 N–H and O–H groups in total. The summed E-state index contributed by atoms with van der Waals surface area (Å²) >= 11 is 13.8. The third-order valence-electron chi connectivity index (χ3n) is 6.35. The summed E-state index contributed by atoms with van der Waals surface area (Å²) in [6, 6.07) is 12.7. The Morgan fingerprint density at radius 2 is 1.83 bits per heavy atom. The number of ether oxygens (including phenoxy) is 1. The van der Waals surface area contributed by atoms with Crippen molar-refractivity contribution in [1.82, 2.24) is 10.2 Å². The molecule has 0 spiro atoms. The number of thioether (sulfide) groups is 1. The lowest BCUT2D eigenvalue weighted by molar-refractivity contribution is -0.139. The first-order valence-corrected chi connectivity index (χ1v) is 14.1. The first-order valence-electron chi connectivity index (χ1n) is 12.2. The van der Waals surface area contributed by atoms with E-state index in [1.807, 2.05) is 37.3 Å². The molecule has 1 aliphatic carbocycles. The fourth-order valence-electron chi connectivity index (χ4n) is 4.36. The highest BCUT2D eigenvalue weighted by atomic mass is 35.5. The van der Waals surface area contributed by atoms with Crippen LogP contribution in [-0.4, -0.2) is 41.7 Å². The maximum Gasteiger partial charge on any atom is 0.243 e. The van der Waals surface area contributed by atoms with Gasteiger partial charge < -0.3 is 15.0 Å². The van der Waals surface area contributed by atoms with Crippen LogP contribution in [0.25, 0.3) is 0 Å². The monoisotopic (exact) mass is 536 g/mol. The van der Waals surface area contributed by atoms with Crippen molar-refractivity contribution in [3.8, 4) is 5.75 Å². The molecule has 0 aromatic heterocycles. The summed E-state index contributed by atoms with van der Waals surface area (Å²) < 4.78 is 5.26. The van der Waals surface area contributed by atoms with Gasteiger partial charge in [-0.05, 0) is 54.7 Å². The SMILES string of the molecule is CC[C@H](C(=O)NC1CCCCC1)N(Cc1ccc(OC)cc1)C(=O)CSCc1ccc(Cl)cc1Cl. The van der Waals surface area contributed by atoms with E-state index >= 15 is 0 Å². The van der Waals surface area contributed by atoms with Gasteiger partial charge in [-0.1, -0.05) is 67.6 Å². The van der Waals surface area contributed by atoms with Gasteiger partial charge >= 0.3 is 0 Å². The zero-order chi connectivity index (χ0) is 25.2. The highest BCUT2D eigenvalue weighted by molar-refractivity contribution is 7.99. The van der Waals surface area contributed by atoms with E-state index in [0.29, 0.717) is 28.8 Å². The molecule has 8 heteroatoms. The fourth-order valence-corrected chi connectivity index (χ4v) is 5.83. The minimum absolute atomic E-state index is 0.0630. The van der Waals surface area contributed by atoms with Gasteiger partial charge in [0.1, 0.15) is 11.8 Å². The Morgan fingerprint density at radius 3 is 2.46 bits per heavy atom. The molecule has 0 unspecified atom stereocenters. The summed E-state index contributed by atoms with van der Waals surface area (Å²) in [7, 11) is 1.62. The Kier molecular flexibility index (Phi) is 11.1.